The van der Waals surface area contributed by atoms with E-state index in [1.165, 1.54) is 11.3 Å². The molecule has 1 aliphatic heterocycles. The second-order valence-electron chi connectivity index (χ2n) is 6.17. The molecule has 0 saturated carbocycles. The van der Waals surface area contributed by atoms with Crippen LogP contribution < -0.4 is 5.32 Å². The van der Waals surface area contributed by atoms with Gasteiger partial charge >= 0.3 is 6.03 Å². The second-order valence-corrected chi connectivity index (χ2v) is 6.89. The summed E-state index contributed by atoms with van der Waals surface area (Å²) in [7, 11) is 0. The molecule has 0 unspecified atom stereocenters. The van der Waals surface area contributed by atoms with Crippen molar-refractivity contribution in [1.29, 1.82) is 0 Å². The van der Waals surface area contributed by atoms with Gasteiger partial charge in [0.15, 0.2) is 0 Å². The fourth-order valence-electron chi connectivity index (χ4n) is 2.19. The molecule has 1 fully saturated rings. The zero-order chi connectivity index (χ0) is 15.5. The number of nitrogens with zero attached hydrogens (tertiary/aromatic N) is 3. The fourth-order valence-corrected chi connectivity index (χ4v) is 2.75. The minimum Gasteiger partial charge on any atom is -0.339 e. The molecule has 3 amide bonds. The molecule has 116 valence electrons. The van der Waals surface area contributed by atoms with E-state index in [1.807, 2.05) is 31.1 Å². The molecule has 1 N–H and O–H groups in total. The van der Waals surface area contributed by atoms with Gasteiger partial charge in [-0.1, -0.05) is 20.8 Å². The molecule has 21 heavy (non-hydrogen) atoms. The van der Waals surface area contributed by atoms with E-state index in [9.17, 15) is 9.59 Å². The van der Waals surface area contributed by atoms with Gasteiger partial charge in [0.2, 0.25) is 5.91 Å². The Morgan fingerprint density at radius 3 is 2.38 bits per heavy atom. The standard InChI is InChI=1S/C14H22N4O2S/c1-14(2,3)12(19)17-4-6-18(7-5-17)13(20)15-8-11-9-21-10-16-11/h9-10H,4-8H2,1-3H3,(H,15,20). The predicted molar refractivity (Wildman–Crippen MR) is 82.0 cm³/mol. The molecular formula is C14H22N4O2S. The molecule has 1 aliphatic rings. The molecule has 0 radical (unpaired) electrons. The van der Waals surface area contributed by atoms with Crippen molar-refractivity contribution in [2.45, 2.75) is 27.3 Å². The number of hydrogen-bond donors (Lipinski definition) is 1. The molecule has 6 nitrogen and oxygen atoms in total. The van der Waals surface area contributed by atoms with Gasteiger partial charge in [-0.25, -0.2) is 9.78 Å². The summed E-state index contributed by atoms with van der Waals surface area (Å²) in [6.45, 7) is 8.55. The number of carbonyl (C=O) groups is 2. The van der Waals surface area contributed by atoms with E-state index in [0.29, 0.717) is 32.7 Å². The first-order valence-corrected chi connectivity index (χ1v) is 8.01. The van der Waals surface area contributed by atoms with Crippen LogP contribution in [0.25, 0.3) is 0 Å². The lowest BCUT2D eigenvalue weighted by Gasteiger charge is -2.37. The number of urea groups is 1. The Balaban J connectivity index is 1.78. The highest BCUT2D eigenvalue weighted by atomic mass is 32.1. The molecule has 0 bridgehead atoms. The van der Waals surface area contributed by atoms with Crippen molar-refractivity contribution < 1.29 is 9.59 Å². The molecule has 1 aromatic rings. The highest BCUT2D eigenvalue weighted by Gasteiger charge is 2.30. The summed E-state index contributed by atoms with van der Waals surface area (Å²) in [6.07, 6.45) is 0. The van der Waals surface area contributed by atoms with Gasteiger partial charge in [0, 0.05) is 37.0 Å². The smallest absolute Gasteiger partial charge is 0.317 e. The quantitative estimate of drug-likeness (QED) is 0.901. The van der Waals surface area contributed by atoms with Crippen molar-refractivity contribution in [3.05, 3.63) is 16.6 Å². The van der Waals surface area contributed by atoms with Gasteiger partial charge in [-0.05, 0) is 0 Å². The number of rotatable bonds is 2. The van der Waals surface area contributed by atoms with Gasteiger partial charge in [-0.15, -0.1) is 11.3 Å². The largest absolute Gasteiger partial charge is 0.339 e. The molecule has 1 saturated heterocycles. The van der Waals surface area contributed by atoms with Crippen LogP contribution in [0.3, 0.4) is 0 Å². The fraction of sp³-hybridized carbons (Fsp3) is 0.643. The zero-order valence-corrected chi connectivity index (χ0v) is 13.6. The van der Waals surface area contributed by atoms with Crippen LogP contribution in [0, 0.1) is 5.41 Å². The highest BCUT2D eigenvalue weighted by Crippen LogP contribution is 2.18. The summed E-state index contributed by atoms with van der Waals surface area (Å²) in [5.74, 6) is 0.144. The third-order valence-corrected chi connectivity index (χ3v) is 4.04. The van der Waals surface area contributed by atoms with Crippen molar-refractivity contribution in [3.63, 3.8) is 0 Å². The topological polar surface area (TPSA) is 65.5 Å². The monoisotopic (exact) mass is 310 g/mol. The molecular weight excluding hydrogens is 288 g/mol. The minimum atomic E-state index is -0.366. The summed E-state index contributed by atoms with van der Waals surface area (Å²) >= 11 is 1.51. The van der Waals surface area contributed by atoms with Crippen molar-refractivity contribution in [2.75, 3.05) is 26.2 Å². The number of piperazine rings is 1. The van der Waals surface area contributed by atoms with E-state index < -0.39 is 0 Å². The number of hydrogen-bond acceptors (Lipinski definition) is 4. The first kappa shape index (κ1) is 15.8. The Morgan fingerprint density at radius 1 is 1.24 bits per heavy atom. The van der Waals surface area contributed by atoms with Crippen LogP contribution in [0.2, 0.25) is 0 Å². The van der Waals surface area contributed by atoms with E-state index in [-0.39, 0.29) is 17.4 Å². The van der Waals surface area contributed by atoms with Crippen molar-refractivity contribution >= 4 is 23.3 Å². The van der Waals surface area contributed by atoms with E-state index in [2.05, 4.69) is 10.3 Å². The van der Waals surface area contributed by atoms with Gasteiger partial charge < -0.3 is 15.1 Å². The Kier molecular flexibility index (Phi) is 4.82. The van der Waals surface area contributed by atoms with Gasteiger partial charge in [0.25, 0.3) is 0 Å². The summed E-state index contributed by atoms with van der Waals surface area (Å²) in [6, 6.07) is -0.0918. The lowest BCUT2D eigenvalue weighted by atomic mass is 9.94. The maximum absolute atomic E-state index is 12.2. The molecule has 0 aliphatic carbocycles. The van der Waals surface area contributed by atoms with Gasteiger partial charge in [-0.2, -0.15) is 0 Å². The highest BCUT2D eigenvalue weighted by molar-refractivity contribution is 7.07. The summed E-state index contributed by atoms with van der Waals surface area (Å²) in [4.78, 5) is 31.9. The van der Waals surface area contributed by atoms with E-state index in [1.54, 1.807) is 10.4 Å². The Morgan fingerprint density at radius 2 is 1.86 bits per heavy atom. The zero-order valence-electron chi connectivity index (χ0n) is 12.8. The first-order valence-electron chi connectivity index (χ1n) is 7.07. The second kappa shape index (κ2) is 6.43. The van der Waals surface area contributed by atoms with Gasteiger partial charge in [0.05, 0.1) is 17.7 Å². The van der Waals surface area contributed by atoms with Crippen LogP contribution in [0.4, 0.5) is 4.79 Å². The molecule has 7 heteroatoms. The summed E-state index contributed by atoms with van der Waals surface area (Å²) < 4.78 is 0. The molecule has 0 spiro atoms. The van der Waals surface area contributed by atoms with E-state index >= 15 is 0 Å². The minimum absolute atomic E-state index is 0.0918. The molecule has 2 heterocycles. The van der Waals surface area contributed by atoms with Crippen LogP contribution in [0.5, 0.6) is 0 Å². The maximum atomic E-state index is 12.2. The van der Waals surface area contributed by atoms with Crippen LogP contribution in [-0.4, -0.2) is 52.9 Å². The lowest BCUT2D eigenvalue weighted by Crippen LogP contribution is -2.54. The van der Waals surface area contributed by atoms with Crippen LogP contribution in [0.15, 0.2) is 10.9 Å². The van der Waals surface area contributed by atoms with Gasteiger partial charge in [0.1, 0.15) is 0 Å². The van der Waals surface area contributed by atoms with E-state index in [0.717, 1.165) is 5.69 Å². The maximum Gasteiger partial charge on any atom is 0.317 e. The van der Waals surface area contributed by atoms with Crippen LogP contribution >= 0.6 is 11.3 Å². The molecule has 0 atom stereocenters. The summed E-state index contributed by atoms with van der Waals surface area (Å²) in [5.41, 5.74) is 2.25. The number of aromatic nitrogens is 1. The van der Waals surface area contributed by atoms with Crippen molar-refractivity contribution in [2.24, 2.45) is 5.41 Å². The van der Waals surface area contributed by atoms with Crippen LogP contribution in [-0.2, 0) is 11.3 Å². The number of thiazole rings is 1. The van der Waals surface area contributed by atoms with Crippen molar-refractivity contribution in [1.82, 2.24) is 20.1 Å². The number of amides is 3. The predicted octanol–water partition coefficient (Wildman–Crippen LogP) is 1.54. The molecule has 1 aromatic heterocycles. The SMILES string of the molecule is CC(C)(C)C(=O)N1CCN(C(=O)NCc2cscn2)CC1. The van der Waals surface area contributed by atoms with Gasteiger partial charge in [-0.3, -0.25) is 4.79 Å². The lowest BCUT2D eigenvalue weighted by molar-refractivity contribution is -0.140. The first-order chi connectivity index (χ1) is 9.88. The number of carbonyl (C=O) groups excluding carboxylic acids is 2. The molecule has 2 rings (SSSR count). The van der Waals surface area contributed by atoms with Crippen LogP contribution in [0.1, 0.15) is 26.5 Å². The third kappa shape index (κ3) is 4.17. The normalized spacial score (nSPS) is 16.0. The number of nitrogens with one attached hydrogen (secondary N) is 1. The third-order valence-electron chi connectivity index (χ3n) is 3.40. The Labute approximate surface area is 129 Å². The molecule has 0 aromatic carbocycles. The van der Waals surface area contributed by atoms with Crippen molar-refractivity contribution in [3.8, 4) is 0 Å². The summed E-state index contributed by atoms with van der Waals surface area (Å²) in [5, 5.41) is 4.77. The van der Waals surface area contributed by atoms with E-state index in [4.69, 9.17) is 0 Å². The Hall–Kier alpha value is -1.63. The average molecular weight is 310 g/mol. The average Bonchev–Trinajstić information content (AvgIpc) is 2.96. The Bertz CT molecular complexity index is 488.